The van der Waals surface area contributed by atoms with Gasteiger partial charge >= 0.3 is 0 Å². The topological polar surface area (TPSA) is 85.8 Å². The van der Waals surface area contributed by atoms with Crippen LogP contribution in [0.2, 0.25) is 0 Å². The van der Waals surface area contributed by atoms with Crippen LogP contribution in [0, 0.1) is 13.8 Å². The third-order valence-corrected chi connectivity index (χ3v) is 5.08. The van der Waals surface area contributed by atoms with Gasteiger partial charge < -0.3 is 15.6 Å². The van der Waals surface area contributed by atoms with Crippen molar-refractivity contribution in [3.8, 4) is 11.4 Å². The van der Waals surface area contributed by atoms with E-state index < -0.39 is 0 Å². The molecule has 0 bridgehead atoms. The average molecular weight is 367 g/mol. The first-order valence-electron chi connectivity index (χ1n) is 8.20. The Morgan fingerprint density at radius 1 is 1.15 bits per heavy atom. The number of thioether (sulfide) groups is 1. The highest BCUT2D eigenvalue weighted by Crippen LogP contribution is 2.24. The van der Waals surface area contributed by atoms with E-state index in [0.29, 0.717) is 10.8 Å². The van der Waals surface area contributed by atoms with Crippen LogP contribution in [0.3, 0.4) is 0 Å². The van der Waals surface area contributed by atoms with Gasteiger partial charge in [0, 0.05) is 24.0 Å². The molecule has 0 atom stereocenters. The number of nitrogens with two attached hydrogens (primary N) is 1. The molecule has 0 fully saturated rings. The van der Waals surface area contributed by atoms with Gasteiger partial charge in [-0.05, 0) is 37.1 Å². The molecule has 26 heavy (non-hydrogen) atoms. The smallest absolute Gasteiger partial charge is 0.234 e. The van der Waals surface area contributed by atoms with Gasteiger partial charge in [0.25, 0.3) is 0 Å². The molecule has 0 aliphatic carbocycles. The molecule has 3 rings (SSSR count). The Morgan fingerprint density at radius 3 is 2.54 bits per heavy atom. The number of carbonyl (C=O) groups is 1. The van der Waals surface area contributed by atoms with Crippen LogP contribution in [0.15, 0.2) is 47.6 Å². The molecule has 1 aromatic heterocycles. The third kappa shape index (κ3) is 3.88. The number of carbonyl (C=O) groups excluding carboxylic acids is 1. The molecule has 0 saturated heterocycles. The number of para-hydroxylation sites is 1. The van der Waals surface area contributed by atoms with Crippen LogP contribution >= 0.6 is 11.8 Å². The first kappa shape index (κ1) is 18.0. The average Bonchev–Trinajstić information content (AvgIpc) is 2.97. The van der Waals surface area contributed by atoms with Crippen LogP contribution in [0.5, 0.6) is 0 Å². The molecule has 6 nitrogen and oxygen atoms in total. The summed E-state index contributed by atoms with van der Waals surface area (Å²) in [6, 6.07) is 13.4. The molecule has 0 aliphatic heterocycles. The zero-order valence-corrected chi connectivity index (χ0v) is 15.8. The Bertz CT molecular complexity index is 931. The van der Waals surface area contributed by atoms with Crippen LogP contribution in [0.1, 0.15) is 11.1 Å². The number of nitrogens with one attached hydrogen (secondary N) is 1. The summed E-state index contributed by atoms with van der Waals surface area (Å²) < 4.78 is 1.87. The van der Waals surface area contributed by atoms with Crippen molar-refractivity contribution in [3.63, 3.8) is 0 Å². The number of benzene rings is 2. The molecule has 3 N–H and O–H groups in total. The number of amides is 1. The van der Waals surface area contributed by atoms with Crippen molar-refractivity contribution in [3.05, 3.63) is 53.6 Å². The lowest BCUT2D eigenvalue weighted by Gasteiger charge is -2.11. The minimum Gasteiger partial charge on any atom is -0.399 e. The van der Waals surface area contributed by atoms with E-state index in [1.165, 1.54) is 11.8 Å². The summed E-state index contributed by atoms with van der Waals surface area (Å²) in [5.41, 5.74) is 10.4. The van der Waals surface area contributed by atoms with Crippen LogP contribution in [0.25, 0.3) is 11.4 Å². The molecule has 0 spiro atoms. The summed E-state index contributed by atoms with van der Waals surface area (Å²) in [7, 11) is 1.88. The van der Waals surface area contributed by atoms with Crippen molar-refractivity contribution in [2.75, 3.05) is 16.8 Å². The molecule has 1 heterocycles. The molecule has 1 amide bonds. The highest BCUT2D eigenvalue weighted by atomic mass is 32.2. The highest BCUT2D eigenvalue weighted by Gasteiger charge is 2.14. The largest absolute Gasteiger partial charge is 0.399 e. The van der Waals surface area contributed by atoms with Crippen LogP contribution in [-0.4, -0.2) is 26.4 Å². The lowest BCUT2D eigenvalue weighted by Crippen LogP contribution is -2.16. The molecule has 7 heteroatoms. The number of aromatic nitrogens is 3. The zero-order valence-electron chi connectivity index (χ0n) is 15.0. The fourth-order valence-corrected chi connectivity index (χ4v) is 3.40. The molecule has 0 radical (unpaired) electrons. The molecular formula is C19H21N5OS. The molecule has 0 saturated carbocycles. The molecule has 0 aliphatic rings. The monoisotopic (exact) mass is 367 g/mol. The number of nitrogens with zero attached hydrogens (tertiary/aromatic N) is 3. The fraction of sp³-hybridized carbons (Fsp3) is 0.211. The normalized spacial score (nSPS) is 10.7. The molecule has 134 valence electrons. The van der Waals surface area contributed by atoms with Crippen molar-refractivity contribution >= 4 is 29.0 Å². The first-order chi connectivity index (χ1) is 12.5. The summed E-state index contributed by atoms with van der Waals surface area (Å²) in [4.78, 5) is 12.3. The minimum absolute atomic E-state index is 0.0686. The summed E-state index contributed by atoms with van der Waals surface area (Å²) in [5, 5.41) is 12.1. The molecule has 0 unspecified atom stereocenters. The van der Waals surface area contributed by atoms with Gasteiger partial charge in [0.1, 0.15) is 0 Å². The fourth-order valence-electron chi connectivity index (χ4n) is 2.69. The Labute approximate surface area is 156 Å². The van der Waals surface area contributed by atoms with Crippen molar-refractivity contribution in [1.82, 2.24) is 14.8 Å². The Morgan fingerprint density at radius 2 is 1.85 bits per heavy atom. The van der Waals surface area contributed by atoms with Crippen molar-refractivity contribution in [2.24, 2.45) is 7.05 Å². The van der Waals surface area contributed by atoms with Gasteiger partial charge in [0.2, 0.25) is 5.91 Å². The number of nitrogen functional groups attached to an aromatic ring is 1. The molecule has 3 aromatic rings. The van der Waals surface area contributed by atoms with E-state index in [9.17, 15) is 4.79 Å². The second-order valence-corrected chi connectivity index (χ2v) is 7.04. The number of hydrogen-bond acceptors (Lipinski definition) is 5. The highest BCUT2D eigenvalue weighted by molar-refractivity contribution is 7.99. The Kier molecular flexibility index (Phi) is 5.27. The van der Waals surface area contributed by atoms with E-state index in [1.807, 2.05) is 67.9 Å². The number of hydrogen-bond donors (Lipinski definition) is 2. The second-order valence-electron chi connectivity index (χ2n) is 6.09. The summed E-state index contributed by atoms with van der Waals surface area (Å²) >= 11 is 1.35. The van der Waals surface area contributed by atoms with E-state index >= 15 is 0 Å². The summed E-state index contributed by atoms with van der Waals surface area (Å²) in [6.07, 6.45) is 0. The van der Waals surface area contributed by atoms with E-state index in [0.717, 1.165) is 28.2 Å². The number of anilines is 2. The van der Waals surface area contributed by atoms with Crippen LogP contribution in [-0.2, 0) is 11.8 Å². The minimum atomic E-state index is -0.0686. The predicted octanol–water partition coefficient (Wildman–Crippen LogP) is 3.41. The zero-order chi connectivity index (χ0) is 18.7. The SMILES string of the molecule is Cc1cccc(C)c1NC(=O)CSc1nnc(-c2cccc(N)c2)n1C. The third-order valence-electron chi connectivity index (χ3n) is 4.06. The number of rotatable bonds is 5. The molecule has 2 aromatic carbocycles. The Balaban J connectivity index is 1.68. The maximum atomic E-state index is 12.3. The van der Waals surface area contributed by atoms with Crippen LogP contribution in [0.4, 0.5) is 11.4 Å². The van der Waals surface area contributed by atoms with E-state index in [1.54, 1.807) is 0 Å². The van der Waals surface area contributed by atoms with E-state index in [2.05, 4.69) is 15.5 Å². The Hall–Kier alpha value is -2.80. The van der Waals surface area contributed by atoms with Gasteiger partial charge in [-0.3, -0.25) is 4.79 Å². The van der Waals surface area contributed by atoms with Gasteiger partial charge in [-0.1, -0.05) is 42.1 Å². The van der Waals surface area contributed by atoms with Crippen molar-refractivity contribution in [2.45, 2.75) is 19.0 Å². The van der Waals surface area contributed by atoms with E-state index in [-0.39, 0.29) is 11.7 Å². The maximum Gasteiger partial charge on any atom is 0.234 e. The van der Waals surface area contributed by atoms with Gasteiger partial charge in [-0.2, -0.15) is 0 Å². The van der Waals surface area contributed by atoms with Gasteiger partial charge in [-0.25, -0.2) is 0 Å². The maximum absolute atomic E-state index is 12.3. The number of aryl methyl sites for hydroxylation is 2. The standard InChI is InChI=1S/C19H21N5OS/c1-12-6-4-7-13(2)17(12)21-16(25)11-26-19-23-22-18(24(19)3)14-8-5-9-15(20)10-14/h4-10H,11,20H2,1-3H3,(H,21,25). The quantitative estimate of drug-likeness (QED) is 0.533. The predicted molar refractivity (Wildman–Crippen MR) is 106 cm³/mol. The van der Waals surface area contributed by atoms with Crippen molar-refractivity contribution in [1.29, 1.82) is 0 Å². The second kappa shape index (κ2) is 7.61. The van der Waals surface area contributed by atoms with Gasteiger partial charge in [0.05, 0.1) is 5.75 Å². The van der Waals surface area contributed by atoms with Crippen molar-refractivity contribution < 1.29 is 4.79 Å². The van der Waals surface area contributed by atoms with Crippen LogP contribution < -0.4 is 11.1 Å². The van der Waals surface area contributed by atoms with E-state index in [4.69, 9.17) is 5.73 Å². The summed E-state index contributed by atoms with van der Waals surface area (Å²) in [6.45, 7) is 3.96. The lowest BCUT2D eigenvalue weighted by atomic mass is 10.1. The van der Waals surface area contributed by atoms with Gasteiger partial charge in [0.15, 0.2) is 11.0 Å². The lowest BCUT2D eigenvalue weighted by molar-refractivity contribution is -0.113. The van der Waals surface area contributed by atoms with Gasteiger partial charge in [-0.15, -0.1) is 10.2 Å². The molecular weight excluding hydrogens is 346 g/mol. The summed E-state index contributed by atoms with van der Waals surface area (Å²) in [5.74, 6) is 0.910. The first-order valence-corrected chi connectivity index (χ1v) is 9.18.